The first-order chi connectivity index (χ1) is 15.3. The summed E-state index contributed by atoms with van der Waals surface area (Å²) in [6.45, 7) is 12.7. The number of allylic oxidation sites excluding steroid dienone is 4. The number of hydrogen-bond acceptors (Lipinski definition) is 1. The van der Waals surface area contributed by atoms with Gasteiger partial charge in [-0.1, -0.05) is 124 Å². The number of carbonyl (C=O) groups excluding carboxylic acids is 1. The van der Waals surface area contributed by atoms with Crippen LogP contribution in [0.2, 0.25) is 0 Å². The molecule has 2 aromatic rings. The minimum Gasteiger partial charge on any atom is -1.00 e. The summed E-state index contributed by atoms with van der Waals surface area (Å²) < 4.78 is 0. The number of unbranched alkanes of at least 4 members (excludes halogenated alkanes) is 1. The van der Waals surface area contributed by atoms with E-state index in [1.807, 2.05) is 6.92 Å². The van der Waals surface area contributed by atoms with E-state index in [2.05, 4.69) is 101 Å². The minimum atomic E-state index is -0.393. The molecule has 0 bridgehead atoms. The monoisotopic (exact) mass is 696 g/mol. The molecular formula is C29H40Cl2HfNOSi. The second-order valence-corrected chi connectivity index (χ2v) is 10.00. The summed E-state index contributed by atoms with van der Waals surface area (Å²) in [5.41, 5.74) is 11.1. The predicted octanol–water partition coefficient (Wildman–Crippen LogP) is 0.583. The Hall–Kier alpha value is -0.943. The molecule has 3 rings (SSSR count). The molecule has 2 nitrogen and oxygen atoms in total. The Morgan fingerprint density at radius 3 is 1.66 bits per heavy atom. The Bertz CT molecular complexity index is 835. The predicted molar refractivity (Wildman–Crippen MR) is 142 cm³/mol. The summed E-state index contributed by atoms with van der Waals surface area (Å²) >= 11 is 0. The number of carbonyl (C=O) groups is 1. The maximum Gasteiger partial charge on any atom is 4.00 e. The van der Waals surface area contributed by atoms with Gasteiger partial charge in [0, 0.05) is 0 Å². The Morgan fingerprint density at radius 2 is 1.40 bits per heavy atom. The Morgan fingerprint density at radius 1 is 0.943 bits per heavy atom. The zero-order valence-corrected chi connectivity index (χ0v) is 28.3. The van der Waals surface area contributed by atoms with Crippen LogP contribution in [0.4, 0.5) is 0 Å². The van der Waals surface area contributed by atoms with Gasteiger partial charge >= 0.3 is 25.8 Å². The third-order valence-electron chi connectivity index (χ3n) is 5.94. The van der Waals surface area contributed by atoms with Crippen LogP contribution in [-0.2, 0) is 30.6 Å². The van der Waals surface area contributed by atoms with Gasteiger partial charge in [-0.3, -0.25) is 6.08 Å². The molecule has 1 amide bonds. The van der Waals surface area contributed by atoms with Crippen LogP contribution in [0, 0.1) is 17.9 Å². The van der Waals surface area contributed by atoms with E-state index in [9.17, 15) is 4.79 Å². The molecule has 6 heteroatoms. The zero-order valence-electron chi connectivity index (χ0n) is 22.0. The van der Waals surface area contributed by atoms with Crippen LogP contribution >= 0.6 is 0 Å². The largest absolute Gasteiger partial charge is 4.00 e. The van der Waals surface area contributed by atoms with Crippen molar-refractivity contribution < 1.29 is 55.5 Å². The summed E-state index contributed by atoms with van der Waals surface area (Å²) in [5.74, 6) is 0.167. The Kier molecular flexibility index (Phi) is 24.6. The summed E-state index contributed by atoms with van der Waals surface area (Å²) in [4.78, 5) is 10.5. The van der Waals surface area contributed by atoms with Gasteiger partial charge in [0.25, 0.3) is 0 Å². The van der Waals surface area contributed by atoms with Gasteiger partial charge < -0.3 is 35.3 Å². The molecule has 2 atom stereocenters. The first-order valence-corrected chi connectivity index (χ1v) is 12.9. The number of amides is 1. The topological polar surface area (TPSA) is 40.9 Å². The molecule has 1 aliphatic carbocycles. The minimum absolute atomic E-state index is 0. The molecule has 0 aliphatic heterocycles. The molecule has 2 unspecified atom stereocenters. The van der Waals surface area contributed by atoms with Gasteiger partial charge in [0.2, 0.25) is 0 Å². The van der Waals surface area contributed by atoms with Gasteiger partial charge in [-0.15, -0.1) is 6.92 Å². The van der Waals surface area contributed by atoms with Crippen LogP contribution in [0.1, 0.15) is 67.2 Å². The van der Waals surface area contributed by atoms with Crippen molar-refractivity contribution in [1.82, 2.24) is 0 Å². The van der Waals surface area contributed by atoms with E-state index < -0.39 is 5.91 Å². The molecular weight excluding hydrogens is 656 g/mol. The van der Waals surface area contributed by atoms with E-state index in [4.69, 9.17) is 5.73 Å². The Balaban J connectivity index is -0.000000430. The van der Waals surface area contributed by atoms with E-state index in [1.54, 1.807) is 0 Å². The van der Waals surface area contributed by atoms with Crippen molar-refractivity contribution >= 4 is 25.8 Å². The number of nitrogens with one attached hydrogen (secondary N) is 1. The first kappa shape index (κ1) is 38.6. The second-order valence-electron chi connectivity index (χ2n) is 8.38. The fourth-order valence-corrected chi connectivity index (χ4v) is 4.64. The van der Waals surface area contributed by atoms with Crippen molar-refractivity contribution in [2.75, 3.05) is 0 Å². The van der Waals surface area contributed by atoms with E-state index in [1.165, 1.54) is 27.1 Å². The second kappa shape index (κ2) is 22.3. The van der Waals surface area contributed by atoms with Crippen molar-refractivity contribution in [2.45, 2.75) is 67.2 Å². The molecule has 0 fully saturated rings. The van der Waals surface area contributed by atoms with Crippen LogP contribution in [0.25, 0.3) is 5.73 Å². The van der Waals surface area contributed by atoms with Gasteiger partial charge in [0.05, 0.1) is 5.91 Å². The molecule has 1 aliphatic rings. The number of halogens is 2. The third-order valence-corrected chi connectivity index (χ3v) is 7.38. The molecule has 35 heavy (non-hydrogen) atoms. The van der Waals surface area contributed by atoms with E-state index >= 15 is 0 Å². The van der Waals surface area contributed by atoms with E-state index in [0.29, 0.717) is 5.92 Å². The standard InChI is InChI=1S/C12H11Si.C9H13.C8H17NO.2ClH.Hf/c1-3-7-11(8-4-1)13-12-9-5-2-6-10-12;1-6-5-7(2)9(4)8(6)3;1-3-5-6-7(4-2)8(9)10;;;/h1-10,13H;6H,1-4H3;7H,3-6H2,1-2H3,(H2,9,10);2*1H;/q;-1;;;;+4/p-3. The van der Waals surface area contributed by atoms with Crippen molar-refractivity contribution in [1.29, 1.82) is 0 Å². The van der Waals surface area contributed by atoms with Gasteiger partial charge in [-0.2, -0.15) is 11.1 Å². The van der Waals surface area contributed by atoms with Crippen LogP contribution in [0.3, 0.4) is 0 Å². The normalized spacial score (nSPS) is 14.3. The third kappa shape index (κ3) is 15.7. The van der Waals surface area contributed by atoms with Gasteiger partial charge in [0.1, 0.15) is 9.52 Å². The zero-order chi connectivity index (χ0) is 23.9. The Labute approximate surface area is 248 Å². The van der Waals surface area contributed by atoms with E-state index in [0.717, 1.165) is 25.7 Å². The fraction of sp³-hybridized carbons (Fsp3) is 0.414. The van der Waals surface area contributed by atoms with Crippen LogP contribution < -0.4 is 35.2 Å². The number of benzene rings is 2. The average Bonchev–Trinajstić information content (AvgIpc) is 3.01. The quantitative estimate of drug-likeness (QED) is 0.309. The van der Waals surface area contributed by atoms with E-state index in [-0.39, 0.29) is 66.1 Å². The SMILES string of the molecule is CC1=[C-]C(C)C(C)=C1C.CCCCC(CC)C([NH-])=O.[Cl-].[Cl-].[Hf+4].c1ccc([SiH]c2ccccc2)cc1. The van der Waals surface area contributed by atoms with Crippen molar-refractivity contribution in [3.05, 3.63) is 89.2 Å². The summed E-state index contributed by atoms with van der Waals surface area (Å²) in [6.07, 6.45) is 7.27. The van der Waals surface area contributed by atoms with Crippen LogP contribution in [-0.4, -0.2) is 15.4 Å². The average molecular weight is 696 g/mol. The number of hydrogen-bond donors (Lipinski definition) is 0. The van der Waals surface area contributed by atoms with Gasteiger partial charge in [-0.25, -0.2) is 5.57 Å². The van der Waals surface area contributed by atoms with Crippen molar-refractivity contribution in [2.24, 2.45) is 11.8 Å². The molecule has 0 heterocycles. The first-order valence-electron chi connectivity index (χ1n) is 11.8. The summed E-state index contributed by atoms with van der Waals surface area (Å²) in [7, 11) is 0.271. The molecule has 1 N–H and O–H groups in total. The molecule has 0 saturated heterocycles. The van der Waals surface area contributed by atoms with Crippen molar-refractivity contribution in [3.63, 3.8) is 0 Å². The smallest absolute Gasteiger partial charge is 1.00 e. The molecule has 0 saturated carbocycles. The maximum atomic E-state index is 10.5. The van der Waals surface area contributed by atoms with Crippen molar-refractivity contribution in [3.8, 4) is 0 Å². The molecule has 189 valence electrons. The maximum absolute atomic E-state index is 10.5. The molecule has 0 aromatic heterocycles. The van der Waals surface area contributed by atoms with Crippen LogP contribution in [0.15, 0.2) is 77.4 Å². The number of rotatable bonds is 7. The van der Waals surface area contributed by atoms with Gasteiger partial charge in [0.15, 0.2) is 0 Å². The fourth-order valence-electron chi connectivity index (χ4n) is 3.42. The molecule has 1 radical (unpaired) electrons. The molecule has 2 aromatic carbocycles. The summed E-state index contributed by atoms with van der Waals surface area (Å²) in [6, 6.07) is 21.3. The molecule has 0 spiro atoms. The van der Waals surface area contributed by atoms with Crippen LogP contribution in [0.5, 0.6) is 0 Å². The van der Waals surface area contributed by atoms with Gasteiger partial charge in [-0.05, 0) is 18.8 Å². The summed E-state index contributed by atoms with van der Waals surface area (Å²) in [5, 5.41) is 2.90.